The molecule has 2 aromatic rings. The Morgan fingerprint density at radius 2 is 1.25 bits per heavy atom. The molecule has 0 aromatic heterocycles. The summed E-state index contributed by atoms with van der Waals surface area (Å²) >= 11 is 0. The summed E-state index contributed by atoms with van der Waals surface area (Å²) in [7, 11) is 1.42. The van der Waals surface area contributed by atoms with Gasteiger partial charge in [0.2, 0.25) is 0 Å². The molecule has 0 radical (unpaired) electrons. The van der Waals surface area contributed by atoms with E-state index in [0.29, 0.717) is 23.5 Å². The zero-order valence-electron chi connectivity index (χ0n) is 15.2. The number of carbonyl (C=O) groups excluding carboxylic acids is 4. The maximum Gasteiger partial charge on any atom is 0.286 e. The highest BCUT2D eigenvalue weighted by Crippen LogP contribution is 2.32. The molecule has 0 atom stereocenters. The molecule has 2 aliphatic heterocycles. The lowest BCUT2D eigenvalue weighted by Gasteiger charge is -2.11. The number of nitrogens with zero attached hydrogens (tertiary/aromatic N) is 2. The number of imide groups is 2. The average molecular weight is 380 g/mol. The van der Waals surface area contributed by atoms with Crippen molar-refractivity contribution < 1.29 is 28.8 Å². The van der Waals surface area contributed by atoms with E-state index in [1.807, 2.05) is 6.92 Å². The highest BCUT2D eigenvalue weighted by atomic mass is 16.7. The van der Waals surface area contributed by atoms with Gasteiger partial charge in [-0.25, -0.2) is 0 Å². The van der Waals surface area contributed by atoms with Crippen LogP contribution in [0.1, 0.15) is 54.8 Å². The van der Waals surface area contributed by atoms with Gasteiger partial charge in [0, 0.05) is 7.05 Å². The van der Waals surface area contributed by atoms with Crippen LogP contribution in [0, 0.1) is 0 Å². The molecule has 2 heterocycles. The number of hydrogen-bond donors (Lipinski definition) is 0. The second-order valence-corrected chi connectivity index (χ2v) is 6.42. The molecule has 0 saturated heterocycles. The van der Waals surface area contributed by atoms with Crippen LogP contribution < -0.4 is 4.74 Å². The third-order valence-electron chi connectivity index (χ3n) is 4.54. The lowest BCUT2D eigenvalue weighted by Crippen LogP contribution is -2.30. The Labute approximate surface area is 160 Å². The zero-order chi connectivity index (χ0) is 20.0. The van der Waals surface area contributed by atoms with Crippen LogP contribution >= 0.6 is 0 Å². The first-order valence-electron chi connectivity index (χ1n) is 8.72. The summed E-state index contributed by atoms with van der Waals surface area (Å²) in [6.07, 6.45) is 0.663. The Kier molecular flexibility index (Phi) is 4.20. The normalized spacial score (nSPS) is 15.4. The van der Waals surface area contributed by atoms with Gasteiger partial charge in [0.05, 0.1) is 28.9 Å². The SMILES string of the molecule is CCCON1C(=O)c2ccc(Oc3ccc4c(c3)C(=O)N(C)C4=O)cc2C1=O. The van der Waals surface area contributed by atoms with Crippen molar-refractivity contribution in [2.45, 2.75) is 13.3 Å². The van der Waals surface area contributed by atoms with Gasteiger partial charge in [-0.05, 0) is 42.8 Å². The average Bonchev–Trinajstić information content (AvgIpc) is 3.06. The van der Waals surface area contributed by atoms with E-state index in [4.69, 9.17) is 9.57 Å². The van der Waals surface area contributed by atoms with Gasteiger partial charge in [-0.15, -0.1) is 5.06 Å². The van der Waals surface area contributed by atoms with Gasteiger partial charge in [0.15, 0.2) is 0 Å². The molecule has 4 rings (SSSR count). The Balaban J connectivity index is 1.60. The summed E-state index contributed by atoms with van der Waals surface area (Å²) in [5, 5.41) is 0.757. The smallest absolute Gasteiger partial charge is 0.286 e. The van der Waals surface area contributed by atoms with Crippen molar-refractivity contribution in [3.8, 4) is 11.5 Å². The number of hydroxylamine groups is 2. The molecule has 0 fully saturated rings. The Morgan fingerprint density at radius 1 is 0.750 bits per heavy atom. The number of benzene rings is 2. The topological polar surface area (TPSA) is 93.2 Å². The van der Waals surface area contributed by atoms with Crippen LogP contribution in [0.3, 0.4) is 0 Å². The van der Waals surface area contributed by atoms with Crippen molar-refractivity contribution in [2.24, 2.45) is 0 Å². The van der Waals surface area contributed by atoms with Crippen LogP contribution in [0.4, 0.5) is 0 Å². The highest BCUT2D eigenvalue weighted by Gasteiger charge is 2.37. The first-order chi connectivity index (χ1) is 13.4. The van der Waals surface area contributed by atoms with Gasteiger partial charge in [-0.1, -0.05) is 6.92 Å². The maximum atomic E-state index is 12.4. The lowest BCUT2D eigenvalue weighted by atomic mass is 10.1. The number of rotatable bonds is 5. The summed E-state index contributed by atoms with van der Waals surface area (Å²) in [5.74, 6) is -1.16. The molecule has 142 valence electrons. The van der Waals surface area contributed by atoms with Crippen LogP contribution in [0.15, 0.2) is 36.4 Å². The second kappa shape index (κ2) is 6.58. The van der Waals surface area contributed by atoms with Gasteiger partial charge in [0.1, 0.15) is 11.5 Å². The van der Waals surface area contributed by atoms with Crippen molar-refractivity contribution in [3.05, 3.63) is 58.7 Å². The van der Waals surface area contributed by atoms with Crippen molar-refractivity contribution in [1.29, 1.82) is 0 Å². The highest BCUT2D eigenvalue weighted by molar-refractivity contribution is 6.21. The van der Waals surface area contributed by atoms with Crippen molar-refractivity contribution in [1.82, 2.24) is 9.96 Å². The first kappa shape index (κ1) is 17.9. The van der Waals surface area contributed by atoms with E-state index in [9.17, 15) is 19.2 Å². The van der Waals surface area contributed by atoms with Gasteiger partial charge in [-0.3, -0.25) is 28.9 Å². The minimum absolute atomic E-state index is 0.186. The van der Waals surface area contributed by atoms with Crippen LogP contribution in [0.2, 0.25) is 0 Å². The van der Waals surface area contributed by atoms with Gasteiger partial charge in [0.25, 0.3) is 23.6 Å². The fourth-order valence-electron chi connectivity index (χ4n) is 3.10. The molecule has 8 heteroatoms. The van der Waals surface area contributed by atoms with E-state index in [2.05, 4.69) is 0 Å². The number of hydrogen-bond acceptors (Lipinski definition) is 6. The monoisotopic (exact) mass is 380 g/mol. The van der Waals surface area contributed by atoms with Crippen LogP contribution in [0.5, 0.6) is 11.5 Å². The van der Waals surface area contributed by atoms with Crippen LogP contribution in [-0.2, 0) is 4.84 Å². The molecule has 2 aromatic carbocycles. The molecular formula is C20H16N2O6. The lowest BCUT2D eigenvalue weighted by molar-refractivity contribution is -0.0909. The summed E-state index contributed by atoms with van der Waals surface area (Å²) < 4.78 is 5.74. The Morgan fingerprint density at radius 3 is 1.86 bits per heavy atom. The molecule has 4 amide bonds. The standard InChI is InChI=1S/C20H16N2O6/c1-3-8-27-22-19(25)14-7-5-12(10-16(14)20(22)26)28-11-4-6-13-15(9-11)18(24)21(2)17(13)23/h4-7,9-10H,3,8H2,1-2H3. The molecule has 8 nitrogen and oxygen atoms in total. The van der Waals surface area contributed by atoms with Crippen molar-refractivity contribution in [2.75, 3.05) is 13.7 Å². The minimum atomic E-state index is -0.546. The van der Waals surface area contributed by atoms with Crippen molar-refractivity contribution in [3.63, 3.8) is 0 Å². The number of carbonyl (C=O) groups is 4. The molecule has 0 saturated carbocycles. The van der Waals surface area contributed by atoms with Gasteiger partial charge >= 0.3 is 0 Å². The number of ether oxygens (including phenoxy) is 1. The Bertz CT molecular complexity index is 1040. The molecule has 0 N–H and O–H groups in total. The van der Waals surface area contributed by atoms with Crippen LogP contribution in [-0.4, -0.2) is 47.2 Å². The fraction of sp³-hybridized carbons (Fsp3) is 0.200. The molecule has 0 spiro atoms. The van der Waals surface area contributed by atoms with Crippen molar-refractivity contribution >= 4 is 23.6 Å². The van der Waals surface area contributed by atoms with E-state index in [-0.39, 0.29) is 29.2 Å². The quantitative estimate of drug-likeness (QED) is 0.741. The van der Waals surface area contributed by atoms with Gasteiger partial charge < -0.3 is 4.74 Å². The molecule has 2 aliphatic rings. The second-order valence-electron chi connectivity index (χ2n) is 6.42. The largest absolute Gasteiger partial charge is 0.457 e. The first-order valence-corrected chi connectivity index (χ1v) is 8.72. The fourth-order valence-corrected chi connectivity index (χ4v) is 3.10. The van der Waals surface area contributed by atoms with E-state index in [1.165, 1.54) is 31.3 Å². The van der Waals surface area contributed by atoms with E-state index in [0.717, 1.165) is 9.96 Å². The third kappa shape index (κ3) is 2.66. The molecule has 0 aliphatic carbocycles. The van der Waals surface area contributed by atoms with E-state index >= 15 is 0 Å². The molecule has 28 heavy (non-hydrogen) atoms. The Hall–Kier alpha value is -3.52. The number of fused-ring (bicyclic) bond motifs is 2. The number of amides is 4. The maximum absolute atomic E-state index is 12.4. The molecule has 0 unspecified atom stereocenters. The predicted octanol–water partition coefficient (Wildman–Crippen LogP) is 2.64. The predicted molar refractivity (Wildman–Crippen MR) is 96.1 cm³/mol. The summed E-state index contributed by atoms with van der Waals surface area (Å²) in [4.78, 5) is 55.0. The molecule has 0 bridgehead atoms. The third-order valence-corrected chi connectivity index (χ3v) is 4.54. The summed E-state index contributed by atoms with van der Waals surface area (Å²) in [6, 6.07) is 9.08. The van der Waals surface area contributed by atoms with Gasteiger partial charge in [-0.2, -0.15) is 0 Å². The zero-order valence-corrected chi connectivity index (χ0v) is 15.2. The summed E-state index contributed by atoms with van der Waals surface area (Å²) in [6.45, 7) is 2.13. The summed E-state index contributed by atoms with van der Waals surface area (Å²) in [5.41, 5.74) is 1.01. The van der Waals surface area contributed by atoms with Crippen LogP contribution in [0.25, 0.3) is 0 Å². The molecular weight excluding hydrogens is 364 g/mol. The van der Waals surface area contributed by atoms with E-state index in [1.54, 1.807) is 12.1 Å². The minimum Gasteiger partial charge on any atom is -0.457 e. The van der Waals surface area contributed by atoms with E-state index < -0.39 is 17.7 Å².